The Morgan fingerprint density at radius 3 is 2.85 bits per heavy atom. The van der Waals surface area contributed by atoms with Gasteiger partial charge in [-0.15, -0.1) is 0 Å². The zero-order valence-electron chi connectivity index (χ0n) is 15.9. The molecule has 2 fully saturated rings. The highest BCUT2D eigenvalue weighted by molar-refractivity contribution is 6.44. The minimum Gasteiger partial charge on any atom is -0.380 e. The molecule has 0 saturated carbocycles. The fourth-order valence-electron chi connectivity index (χ4n) is 4.80. The minimum absolute atomic E-state index is 0.0391. The number of amides is 1. The number of hydrogen-bond donors (Lipinski definition) is 2. The molecular formula is C19H26Cl2N4O2. The van der Waals surface area contributed by atoms with Crippen LogP contribution in [0.25, 0.3) is 0 Å². The molecule has 6 nitrogen and oxygen atoms in total. The number of hydrazine groups is 1. The van der Waals surface area contributed by atoms with E-state index >= 15 is 0 Å². The van der Waals surface area contributed by atoms with Crippen LogP contribution in [0.3, 0.4) is 0 Å². The number of likely N-dealkylation sites (tertiary alicyclic amines) is 1. The molecule has 3 aliphatic heterocycles. The first kappa shape index (κ1) is 19.3. The predicted octanol–water partition coefficient (Wildman–Crippen LogP) is 3.02. The van der Waals surface area contributed by atoms with Gasteiger partial charge in [0.2, 0.25) is 5.91 Å². The van der Waals surface area contributed by atoms with E-state index in [1.54, 1.807) is 7.11 Å². The van der Waals surface area contributed by atoms with Gasteiger partial charge in [0.05, 0.1) is 15.7 Å². The highest BCUT2D eigenvalue weighted by Crippen LogP contribution is 2.50. The number of hydrogen-bond acceptors (Lipinski definition) is 5. The van der Waals surface area contributed by atoms with E-state index < -0.39 is 0 Å². The van der Waals surface area contributed by atoms with Crippen molar-refractivity contribution in [3.63, 3.8) is 0 Å². The molecule has 2 saturated heterocycles. The molecule has 1 aromatic rings. The smallest absolute Gasteiger partial charge is 0.248 e. The van der Waals surface area contributed by atoms with Crippen LogP contribution in [0.5, 0.6) is 0 Å². The molecule has 3 aliphatic rings. The summed E-state index contributed by atoms with van der Waals surface area (Å²) in [4.78, 5) is 14.5. The number of halogens is 2. The maximum atomic E-state index is 12.5. The predicted molar refractivity (Wildman–Crippen MR) is 107 cm³/mol. The number of anilines is 1. The van der Waals surface area contributed by atoms with Crippen molar-refractivity contribution < 1.29 is 9.53 Å². The lowest BCUT2D eigenvalue weighted by molar-refractivity contribution is -0.138. The van der Waals surface area contributed by atoms with Crippen LogP contribution < -0.4 is 10.7 Å². The summed E-state index contributed by atoms with van der Waals surface area (Å²) in [5.74, 6) is 0.242. The molecule has 4 rings (SSSR count). The second-order valence-electron chi connectivity index (χ2n) is 7.86. The maximum absolute atomic E-state index is 12.5. The summed E-state index contributed by atoms with van der Waals surface area (Å²) >= 11 is 13.0. The number of carbonyl (C=O) groups is 1. The summed E-state index contributed by atoms with van der Waals surface area (Å²) in [5, 5.41) is 6.88. The van der Waals surface area contributed by atoms with E-state index in [0.29, 0.717) is 16.6 Å². The summed E-state index contributed by atoms with van der Waals surface area (Å²) in [6.07, 6.45) is 1.89. The Labute approximate surface area is 170 Å². The average Bonchev–Trinajstić information content (AvgIpc) is 3.21. The highest BCUT2D eigenvalue weighted by atomic mass is 35.5. The van der Waals surface area contributed by atoms with Crippen molar-refractivity contribution in [2.45, 2.75) is 43.8 Å². The molecular weight excluding hydrogens is 387 g/mol. The summed E-state index contributed by atoms with van der Waals surface area (Å²) in [6.45, 7) is 3.86. The molecule has 4 atom stereocenters. The van der Waals surface area contributed by atoms with Gasteiger partial charge in [-0.2, -0.15) is 0 Å². The average molecular weight is 413 g/mol. The van der Waals surface area contributed by atoms with Gasteiger partial charge in [0.1, 0.15) is 6.61 Å². The Balaban J connectivity index is 1.72. The number of carbonyl (C=O) groups excluding carboxylic acids is 1. The third-order valence-electron chi connectivity index (χ3n) is 6.09. The van der Waals surface area contributed by atoms with Crippen molar-refractivity contribution in [1.82, 2.24) is 15.3 Å². The van der Waals surface area contributed by atoms with Crippen LogP contribution in [0.2, 0.25) is 10.0 Å². The third kappa shape index (κ3) is 3.32. The van der Waals surface area contributed by atoms with E-state index in [1.807, 2.05) is 18.0 Å². The van der Waals surface area contributed by atoms with Gasteiger partial charge in [0.25, 0.3) is 0 Å². The number of fused-ring (bicyclic) bond motifs is 3. The molecule has 27 heavy (non-hydrogen) atoms. The maximum Gasteiger partial charge on any atom is 0.248 e. The monoisotopic (exact) mass is 412 g/mol. The normalized spacial score (nSPS) is 30.2. The van der Waals surface area contributed by atoms with E-state index in [4.69, 9.17) is 27.9 Å². The van der Waals surface area contributed by atoms with E-state index in [9.17, 15) is 4.79 Å². The molecule has 1 aromatic carbocycles. The van der Waals surface area contributed by atoms with Crippen molar-refractivity contribution in [2.75, 3.05) is 39.2 Å². The van der Waals surface area contributed by atoms with Crippen LogP contribution in [0.15, 0.2) is 6.07 Å². The molecule has 2 N–H and O–H groups in total. The van der Waals surface area contributed by atoms with E-state index in [0.717, 1.165) is 25.1 Å². The number of nitrogens with one attached hydrogen (secondary N) is 2. The molecule has 3 unspecified atom stereocenters. The van der Waals surface area contributed by atoms with Crippen molar-refractivity contribution in [1.29, 1.82) is 0 Å². The Bertz CT molecular complexity index is 760. The molecule has 0 radical (unpaired) electrons. The van der Waals surface area contributed by atoms with E-state index in [-0.39, 0.29) is 36.6 Å². The Morgan fingerprint density at radius 2 is 2.19 bits per heavy atom. The van der Waals surface area contributed by atoms with Crippen molar-refractivity contribution in [3.8, 4) is 0 Å². The first-order chi connectivity index (χ1) is 12.9. The molecule has 0 spiro atoms. The molecule has 3 heterocycles. The van der Waals surface area contributed by atoms with Crippen LogP contribution in [0, 0.1) is 0 Å². The summed E-state index contributed by atoms with van der Waals surface area (Å²) in [5.41, 5.74) is 6.86. The standard InChI is InChI=1S/C19H26Cl2N4O2/c1-10-6-15-12(8-25(10)16(26)9-27-3)17-11(14-4-5-24(2)23-14)7-13(20)18(21)19(17)22-15/h7,10,12,14-15,22-23H,4-6,8-9H2,1-3H3/t10-,12?,14?,15?/m0/s1. The summed E-state index contributed by atoms with van der Waals surface area (Å²) in [6, 6.07) is 2.63. The topological polar surface area (TPSA) is 56.8 Å². The van der Waals surface area contributed by atoms with Crippen LogP contribution in [0.1, 0.15) is 42.9 Å². The molecule has 0 aromatic heterocycles. The van der Waals surface area contributed by atoms with Crippen LogP contribution in [-0.2, 0) is 9.53 Å². The zero-order chi connectivity index (χ0) is 19.3. The van der Waals surface area contributed by atoms with Crippen molar-refractivity contribution in [3.05, 3.63) is 27.2 Å². The van der Waals surface area contributed by atoms with Crippen molar-refractivity contribution >= 4 is 34.8 Å². The fraction of sp³-hybridized carbons (Fsp3) is 0.632. The van der Waals surface area contributed by atoms with E-state index in [2.05, 4.69) is 22.7 Å². The number of piperidine rings is 1. The first-order valence-corrected chi connectivity index (χ1v) is 10.2. The van der Waals surface area contributed by atoms with Crippen molar-refractivity contribution in [2.24, 2.45) is 0 Å². The van der Waals surface area contributed by atoms with Gasteiger partial charge >= 0.3 is 0 Å². The lowest BCUT2D eigenvalue weighted by Crippen LogP contribution is -2.51. The number of rotatable bonds is 3. The lowest BCUT2D eigenvalue weighted by Gasteiger charge is -2.40. The number of nitrogens with zero attached hydrogens (tertiary/aromatic N) is 2. The molecule has 1 amide bonds. The van der Waals surface area contributed by atoms with Crippen LogP contribution in [0.4, 0.5) is 5.69 Å². The second-order valence-corrected chi connectivity index (χ2v) is 8.65. The van der Waals surface area contributed by atoms with Gasteiger partial charge in [-0.05, 0) is 37.0 Å². The van der Waals surface area contributed by atoms with Gasteiger partial charge in [-0.1, -0.05) is 23.2 Å². The van der Waals surface area contributed by atoms with Gasteiger partial charge in [0, 0.05) is 51.3 Å². The van der Waals surface area contributed by atoms with Gasteiger partial charge < -0.3 is 15.0 Å². The molecule has 0 bridgehead atoms. The Kier molecular flexibility index (Phi) is 5.29. The Hall–Kier alpha value is -1.05. The summed E-state index contributed by atoms with van der Waals surface area (Å²) < 4.78 is 5.08. The first-order valence-electron chi connectivity index (χ1n) is 9.44. The third-order valence-corrected chi connectivity index (χ3v) is 6.88. The fourth-order valence-corrected chi connectivity index (χ4v) is 5.22. The minimum atomic E-state index is 0.0391. The lowest BCUT2D eigenvalue weighted by atomic mass is 9.82. The number of ether oxygens (including phenoxy) is 1. The molecule has 0 aliphatic carbocycles. The highest BCUT2D eigenvalue weighted by Gasteiger charge is 2.44. The summed E-state index contributed by atoms with van der Waals surface area (Å²) in [7, 11) is 3.61. The quantitative estimate of drug-likeness (QED) is 0.798. The van der Waals surface area contributed by atoms with Crippen LogP contribution in [-0.4, -0.2) is 61.8 Å². The Morgan fingerprint density at radius 1 is 1.41 bits per heavy atom. The number of methoxy groups -OCH3 is 1. The van der Waals surface area contributed by atoms with Gasteiger partial charge in [-0.3, -0.25) is 4.79 Å². The van der Waals surface area contributed by atoms with Gasteiger partial charge in [-0.25, -0.2) is 10.4 Å². The second kappa shape index (κ2) is 7.41. The zero-order valence-corrected chi connectivity index (χ0v) is 17.4. The molecule has 8 heteroatoms. The molecule has 148 valence electrons. The van der Waals surface area contributed by atoms with Crippen LogP contribution >= 0.6 is 23.2 Å². The number of benzene rings is 1. The largest absolute Gasteiger partial charge is 0.380 e. The van der Waals surface area contributed by atoms with Gasteiger partial charge in [0.15, 0.2) is 0 Å². The SMILES string of the molecule is COCC(=O)N1CC2c3c(C4CCN(C)N4)cc(Cl)c(Cl)c3NC2C[C@@H]1C. The van der Waals surface area contributed by atoms with E-state index in [1.165, 1.54) is 11.1 Å².